The van der Waals surface area contributed by atoms with E-state index in [2.05, 4.69) is 13.8 Å². The van der Waals surface area contributed by atoms with Crippen LogP contribution in [0.25, 0.3) is 11.1 Å². The Labute approximate surface area is 200 Å². The first-order chi connectivity index (χ1) is 16.3. The van der Waals surface area contributed by atoms with Gasteiger partial charge in [-0.05, 0) is 61.8 Å². The lowest BCUT2D eigenvalue weighted by Crippen LogP contribution is -2.19. The predicted octanol–water partition coefficient (Wildman–Crippen LogP) is 5.35. The summed E-state index contributed by atoms with van der Waals surface area (Å²) in [5, 5.41) is 0. The average molecular weight is 469 g/mol. The lowest BCUT2D eigenvalue weighted by molar-refractivity contribution is -0.130. The van der Waals surface area contributed by atoms with Crippen molar-refractivity contribution in [3.05, 3.63) is 34.9 Å². The molecule has 2 aromatic carbocycles. The van der Waals surface area contributed by atoms with E-state index in [9.17, 15) is 4.79 Å². The van der Waals surface area contributed by atoms with Gasteiger partial charge in [0.25, 0.3) is 0 Å². The van der Waals surface area contributed by atoms with E-state index >= 15 is 0 Å². The quantitative estimate of drug-likeness (QED) is 0.333. The first kappa shape index (κ1) is 23.8. The van der Waals surface area contributed by atoms with Gasteiger partial charge in [0.2, 0.25) is 18.3 Å². The minimum absolute atomic E-state index is 0.0628. The van der Waals surface area contributed by atoms with Crippen LogP contribution in [0.5, 0.6) is 34.5 Å². The molecule has 34 heavy (non-hydrogen) atoms. The molecule has 0 saturated heterocycles. The minimum Gasteiger partial charge on any atom is -0.493 e. The molecule has 0 N–H and O–H groups in total. The number of hydrogen-bond acceptors (Lipinski definition) is 7. The molecule has 0 radical (unpaired) electrons. The molecule has 1 aliphatic carbocycles. The van der Waals surface area contributed by atoms with Crippen LogP contribution in [-0.2, 0) is 17.6 Å². The highest BCUT2D eigenvalue weighted by Crippen LogP contribution is 2.56. The zero-order chi connectivity index (χ0) is 24.6. The van der Waals surface area contributed by atoms with Gasteiger partial charge in [0.05, 0.1) is 21.3 Å². The fraction of sp³-hybridized carbons (Fsp3) is 0.444. The Morgan fingerprint density at radius 2 is 1.53 bits per heavy atom. The summed E-state index contributed by atoms with van der Waals surface area (Å²) in [5.74, 6) is 3.23. The third kappa shape index (κ3) is 3.93. The maximum atomic E-state index is 12.9. The summed E-state index contributed by atoms with van der Waals surface area (Å²) in [4.78, 5) is 12.9. The normalized spacial score (nSPS) is 18.9. The maximum absolute atomic E-state index is 12.9. The summed E-state index contributed by atoms with van der Waals surface area (Å²) in [6.45, 7) is 8.06. The summed E-state index contributed by atoms with van der Waals surface area (Å²) in [7, 11) is 4.79. The number of carbonyl (C=O) groups is 1. The molecule has 7 nitrogen and oxygen atoms in total. The van der Waals surface area contributed by atoms with E-state index in [1.165, 1.54) is 0 Å². The third-order valence-corrected chi connectivity index (χ3v) is 6.87. The maximum Gasteiger partial charge on any atom is 0.338 e. The van der Waals surface area contributed by atoms with Crippen molar-refractivity contribution in [2.45, 2.75) is 40.5 Å². The van der Waals surface area contributed by atoms with Crippen molar-refractivity contribution in [1.29, 1.82) is 0 Å². The first-order valence-electron chi connectivity index (χ1n) is 11.5. The molecule has 2 aromatic rings. The Balaban J connectivity index is 2.11. The highest BCUT2D eigenvalue weighted by molar-refractivity contribution is 5.94. The van der Waals surface area contributed by atoms with Gasteiger partial charge in [-0.1, -0.05) is 19.9 Å². The van der Waals surface area contributed by atoms with Crippen molar-refractivity contribution in [1.82, 2.24) is 0 Å². The standard InChI is InChI=1S/C27H32O7/c1-8-14(2)27(28)34-26-22-18(12-20-24(26)33-13-32-20)10-16(4)15(3)9-17-11-19(29-5)23(30-6)25(31-7)21(17)22/h8,11-12,15-16H,9-10,13H2,1-7H3/b14-8-. The molecule has 0 saturated carbocycles. The fourth-order valence-electron chi connectivity index (χ4n) is 4.62. The number of esters is 1. The number of allylic oxidation sites excluding steroid dienone is 1. The summed E-state index contributed by atoms with van der Waals surface area (Å²) in [5.41, 5.74) is 4.09. The van der Waals surface area contributed by atoms with Gasteiger partial charge in [-0.3, -0.25) is 0 Å². The van der Waals surface area contributed by atoms with Crippen LogP contribution in [0, 0.1) is 11.8 Å². The number of rotatable bonds is 5. The average Bonchev–Trinajstić information content (AvgIpc) is 3.30. The summed E-state index contributed by atoms with van der Waals surface area (Å²) in [6.07, 6.45) is 3.29. The van der Waals surface area contributed by atoms with E-state index in [-0.39, 0.29) is 6.79 Å². The van der Waals surface area contributed by atoms with Gasteiger partial charge in [-0.25, -0.2) is 4.79 Å². The molecular formula is C27H32O7. The van der Waals surface area contributed by atoms with Gasteiger partial charge < -0.3 is 28.4 Å². The van der Waals surface area contributed by atoms with Crippen molar-refractivity contribution in [2.24, 2.45) is 11.8 Å². The highest BCUT2D eigenvalue weighted by atomic mass is 16.7. The second-order valence-corrected chi connectivity index (χ2v) is 8.88. The lowest BCUT2D eigenvalue weighted by atomic mass is 9.77. The lowest BCUT2D eigenvalue weighted by Gasteiger charge is -2.30. The Morgan fingerprint density at radius 1 is 0.912 bits per heavy atom. The van der Waals surface area contributed by atoms with E-state index in [0.29, 0.717) is 51.9 Å². The smallest absolute Gasteiger partial charge is 0.338 e. The molecule has 0 fully saturated rings. The van der Waals surface area contributed by atoms with Gasteiger partial charge in [0.1, 0.15) is 0 Å². The predicted molar refractivity (Wildman–Crippen MR) is 128 cm³/mol. The van der Waals surface area contributed by atoms with Crippen LogP contribution in [0.15, 0.2) is 23.8 Å². The molecule has 1 aliphatic heterocycles. The molecule has 182 valence electrons. The van der Waals surface area contributed by atoms with Crippen molar-refractivity contribution in [3.63, 3.8) is 0 Å². The minimum atomic E-state index is -0.446. The van der Waals surface area contributed by atoms with Crippen molar-refractivity contribution in [2.75, 3.05) is 28.1 Å². The number of carbonyl (C=O) groups excluding carboxylic acids is 1. The molecule has 0 bridgehead atoms. The SMILES string of the molecule is C/C=C(/C)C(=O)Oc1c2c(cc3c1-c1c(cc(OC)c(OC)c1OC)CC(C)C(C)C3)OCO2. The molecule has 2 aliphatic rings. The van der Waals surface area contributed by atoms with Crippen molar-refractivity contribution < 1.29 is 33.2 Å². The Kier molecular flexibility index (Phi) is 6.64. The molecule has 2 unspecified atom stereocenters. The van der Waals surface area contributed by atoms with Crippen LogP contribution in [-0.4, -0.2) is 34.1 Å². The number of hydrogen-bond donors (Lipinski definition) is 0. The second kappa shape index (κ2) is 9.49. The fourth-order valence-corrected chi connectivity index (χ4v) is 4.62. The zero-order valence-electron chi connectivity index (χ0n) is 20.9. The summed E-state index contributed by atoms with van der Waals surface area (Å²) in [6, 6.07) is 3.98. The molecule has 1 heterocycles. The first-order valence-corrected chi connectivity index (χ1v) is 11.5. The van der Waals surface area contributed by atoms with E-state index < -0.39 is 5.97 Å². The molecular weight excluding hydrogens is 436 g/mol. The molecule has 0 spiro atoms. The van der Waals surface area contributed by atoms with E-state index in [1.807, 2.05) is 12.1 Å². The Bertz CT molecular complexity index is 1150. The van der Waals surface area contributed by atoms with Gasteiger partial charge in [-0.15, -0.1) is 0 Å². The van der Waals surface area contributed by atoms with Gasteiger partial charge in [-0.2, -0.15) is 0 Å². The second-order valence-electron chi connectivity index (χ2n) is 8.88. The highest BCUT2D eigenvalue weighted by Gasteiger charge is 2.35. The largest absolute Gasteiger partial charge is 0.493 e. The molecule has 0 amide bonds. The molecule has 4 rings (SSSR count). The van der Waals surface area contributed by atoms with Gasteiger partial charge >= 0.3 is 5.97 Å². The monoisotopic (exact) mass is 468 g/mol. The van der Waals surface area contributed by atoms with Crippen LogP contribution in [0.2, 0.25) is 0 Å². The number of fused-ring (bicyclic) bond motifs is 4. The van der Waals surface area contributed by atoms with Gasteiger partial charge in [0, 0.05) is 16.7 Å². The molecule has 0 aromatic heterocycles. The zero-order valence-corrected chi connectivity index (χ0v) is 20.9. The van der Waals surface area contributed by atoms with E-state index in [4.69, 9.17) is 28.4 Å². The third-order valence-electron chi connectivity index (χ3n) is 6.87. The van der Waals surface area contributed by atoms with E-state index in [0.717, 1.165) is 35.1 Å². The van der Waals surface area contributed by atoms with Crippen molar-refractivity contribution >= 4 is 5.97 Å². The summed E-state index contributed by atoms with van der Waals surface area (Å²) >= 11 is 0. The van der Waals surface area contributed by atoms with Crippen molar-refractivity contribution in [3.8, 4) is 45.6 Å². The number of methoxy groups -OCH3 is 3. The van der Waals surface area contributed by atoms with Gasteiger partial charge in [0.15, 0.2) is 23.0 Å². The topological polar surface area (TPSA) is 72.5 Å². The molecule has 7 heteroatoms. The molecule has 2 atom stereocenters. The van der Waals surface area contributed by atoms with Crippen LogP contribution in [0.1, 0.15) is 38.8 Å². The number of ether oxygens (including phenoxy) is 6. The van der Waals surface area contributed by atoms with Crippen LogP contribution in [0.4, 0.5) is 0 Å². The Hall–Kier alpha value is -3.35. The number of benzene rings is 2. The van der Waals surface area contributed by atoms with E-state index in [1.54, 1.807) is 41.3 Å². The van der Waals surface area contributed by atoms with Crippen LogP contribution >= 0.6 is 0 Å². The van der Waals surface area contributed by atoms with Crippen LogP contribution < -0.4 is 28.4 Å². The summed E-state index contributed by atoms with van der Waals surface area (Å²) < 4.78 is 34.8. The Morgan fingerprint density at radius 3 is 2.12 bits per heavy atom. The van der Waals surface area contributed by atoms with Crippen LogP contribution in [0.3, 0.4) is 0 Å².